The number of imidazole rings is 2. The molecule has 1 aliphatic heterocycles. The van der Waals surface area contributed by atoms with Crippen LogP contribution in [0.1, 0.15) is 50.6 Å². The van der Waals surface area contributed by atoms with Crippen molar-refractivity contribution < 1.29 is 54.2 Å². The van der Waals surface area contributed by atoms with Crippen molar-refractivity contribution in [2.45, 2.75) is 79.3 Å². The van der Waals surface area contributed by atoms with Crippen LogP contribution in [-0.4, -0.2) is 71.3 Å². The van der Waals surface area contributed by atoms with Crippen LogP contribution < -0.4 is 26.3 Å². The average molecular weight is 1090 g/mol. The number of nitrogens with zero attached hydrogens (tertiary/aromatic N) is 4. The van der Waals surface area contributed by atoms with Gasteiger partial charge in [0.25, 0.3) is 0 Å². The number of pyridine rings is 2. The molecule has 1 fully saturated rings. The zero-order valence-electron chi connectivity index (χ0n) is 40.4. The Bertz CT molecular complexity index is 3840. The number of aryl methyl sites for hydroxylation is 4. The molecular formula is C50H42BBrF6N8O8. The van der Waals surface area contributed by atoms with Crippen LogP contribution in [0.25, 0.3) is 77.3 Å². The first kappa shape index (κ1) is 51.2. The number of nitrogens with one attached hydrogen (secondary N) is 4. The van der Waals surface area contributed by atoms with Crippen LogP contribution in [0, 0.1) is 27.7 Å². The molecule has 16 nitrogen and oxygen atoms in total. The predicted molar refractivity (Wildman–Crippen MR) is 267 cm³/mol. The Morgan fingerprint density at radius 3 is 1.59 bits per heavy atom. The molecule has 0 amide bonds. The molecule has 74 heavy (non-hydrogen) atoms. The maximum absolute atomic E-state index is 13.2. The first-order chi connectivity index (χ1) is 34.8. The first-order valence-electron chi connectivity index (χ1n) is 22.4. The van der Waals surface area contributed by atoms with Crippen LogP contribution in [-0.2, 0) is 9.31 Å². The molecule has 1 saturated heterocycles. The van der Waals surface area contributed by atoms with Gasteiger partial charge in [-0.15, -0.1) is 26.3 Å². The second kappa shape index (κ2) is 19.0. The van der Waals surface area contributed by atoms with E-state index in [-0.39, 0.29) is 21.5 Å². The molecule has 1 aliphatic rings. The lowest BCUT2D eigenvalue weighted by Gasteiger charge is -2.32. The third kappa shape index (κ3) is 10.2. The first-order valence-corrected chi connectivity index (χ1v) is 23.2. The number of hydrogen-bond acceptors (Lipinski definition) is 12. The minimum Gasteiger partial charge on any atom is -0.405 e. The summed E-state index contributed by atoms with van der Waals surface area (Å²) in [6.45, 7) is 15.3. The molecule has 0 spiro atoms. The molecule has 0 bridgehead atoms. The minimum absolute atomic E-state index is 0.154. The standard InChI is InChI=1S/C22H15F3N4O3.C18H22BN3O4.C10H5BrF3NO/c1-10-18(11(2)32-29-10)12-8-14(20-16(9-12)27-21(30)28-20)19-13-4-3-7-26-15(13)5-6-17(19)31-22(23,24)25;1-9-14(10(2)24-22-9)11-7-12(15-13(8-11)20-16(23)21-15)19-25-17(3,4)18(5,6)26-19;11-9-6-2-1-5-15-7(6)3-4-8(9)16-10(12,13)14/h3-9H,1-2H3,(H2,27,28,30);7-8H,1-6H3,(H2,20,21,23);1-5H. The van der Waals surface area contributed by atoms with Gasteiger partial charge in [-0.2, -0.15) is 0 Å². The second-order valence-electron chi connectivity index (χ2n) is 18.1. The van der Waals surface area contributed by atoms with Gasteiger partial charge in [-0.05, 0) is 137 Å². The summed E-state index contributed by atoms with van der Waals surface area (Å²) in [6.07, 6.45) is -6.49. The number of ether oxygens (including phenoxy) is 2. The molecular weight excluding hydrogens is 1050 g/mol. The van der Waals surface area contributed by atoms with Crippen LogP contribution in [0.2, 0.25) is 0 Å². The number of benzene rings is 4. The predicted octanol–water partition coefficient (Wildman–Crippen LogP) is 11.6. The van der Waals surface area contributed by atoms with Crippen LogP contribution >= 0.6 is 15.9 Å². The maximum atomic E-state index is 13.2. The molecule has 4 N–H and O–H groups in total. The van der Waals surface area contributed by atoms with Gasteiger partial charge < -0.3 is 47.8 Å². The van der Waals surface area contributed by atoms with E-state index in [4.69, 9.17) is 18.4 Å². The van der Waals surface area contributed by atoms with Crippen LogP contribution in [0.15, 0.2) is 108 Å². The van der Waals surface area contributed by atoms with Gasteiger partial charge in [-0.1, -0.05) is 28.5 Å². The SMILES string of the molecule is Cc1noc(C)c1-c1cc(-c2c(OC(F)(F)F)ccc3ncccc23)c2[nH]c(=O)[nH]c2c1.Cc1noc(C)c1-c1cc(B2OC(C)(C)C(C)(C)O2)c2[nH]c(=O)[nH]c2c1.FC(F)(F)Oc1ccc2ncccc2c1Br. The van der Waals surface area contributed by atoms with E-state index in [9.17, 15) is 35.9 Å². The molecule has 10 aromatic rings. The largest absolute Gasteiger partial charge is 0.573 e. The van der Waals surface area contributed by atoms with Gasteiger partial charge >= 0.3 is 31.2 Å². The summed E-state index contributed by atoms with van der Waals surface area (Å²) in [5, 5.41) is 9.00. The molecule has 6 aromatic heterocycles. The smallest absolute Gasteiger partial charge is 0.405 e. The number of alkyl halides is 6. The topological polar surface area (TPSA) is 212 Å². The van der Waals surface area contributed by atoms with Crippen molar-refractivity contribution in [1.82, 2.24) is 40.2 Å². The van der Waals surface area contributed by atoms with Gasteiger partial charge in [-0.25, -0.2) is 9.59 Å². The number of H-pyrrole nitrogens is 4. The number of aromatic nitrogens is 8. The quantitative estimate of drug-likeness (QED) is 0.0905. The van der Waals surface area contributed by atoms with Crippen LogP contribution in [0.4, 0.5) is 26.3 Å². The molecule has 24 heteroatoms. The highest BCUT2D eigenvalue weighted by Gasteiger charge is 2.52. The van der Waals surface area contributed by atoms with E-state index in [1.165, 1.54) is 24.3 Å². The van der Waals surface area contributed by atoms with E-state index in [2.05, 4.69) is 65.6 Å². The maximum Gasteiger partial charge on any atom is 0.573 e. The highest BCUT2D eigenvalue weighted by atomic mass is 79.9. The summed E-state index contributed by atoms with van der Waals surface area (Å²) in [7, 11) is -0.589. The van der Waals surface area contributed by atoms with E-state index in [0.29, 0.717) is 72.0 Å². The average Bonchev–Trinajstić information content (AvgIpc) is 4.12. The summed E-state index contributed by atoms with van der Waals surface area (Å²) in [6, 6.07) is 19.2. The highest BCUT2D eigenvalue weighted by molar-refractivity contribution is 9.10. The summed E-state index contributed by atoms with van der Waals surface area (Å²) >= 11 is 3.07. The molecule has 0 radical (unpaired) electrons. The monoisotopic (exact) mass is 1090 g/mol. The van der Waals surface area contributed by atoms with Gasteiger partial charge in [0, 0.05) is 50.9 Å². The third-order valence-corrected chi connectivity index (χ3v) is 13.4. The van der Waals surface area contributed by atoms with E-state index in [1.807, 2.05) is 53.7 Å². The summed E-state index contributed by atoms with van der Waals surface area (Å²) in [4.78, 5) is 43.3. The van der Waals surface area contributed by atoms with Gasteiger partial charge in [0.2, 0.25) is 0 Å². The fraction of sp³-hybridized carbons (Fsp3) is 0.240. The van der Waals surface area contributed by atoms with E-state index >= 15 is 0 Å². The van der Waals surface area contributed by atoms with Crippen LogP contribution in [0.3, 0.4) is 0 Å². The molecule has 7 heterocycles. The van der Waals surface area contributed by atoms with Crippen molar-refractivity contribution in [3.8, 4) is 44.9 Å². The van der Waals surface area contributed by atoms with Gasteiger partial charge in [0.05, 0.1) is 60.2 Å². The van der Waals surface area contributed by atoms with E-state index < -0.39 is 42.5 Å². The van der Waals surface area contributed by atoms with Crippen molar-refractivity contribution >= 4 is 72.4 Å². The van der Waals surface area contributed by atoms with E-state index in [1.54, 1.807) is 62.6 Å². The number of aromatic amines is 4. The molecule has 0 aliphatic carbocycles. The Kier molecular flexibility index (Phi) is 13.1. The second-order valence-corrected chi connectivity index (χ2v) is 18.9. The fourth-order valence-corrected chi connectivity index (χ4v) is 9.21. The Morgan fingerprint density at radius 1 is 0.595 bits per heavy atom. The zero-order valence-corrected chi connectivity index (χ0v) is 41.9. The number of halogens is 7. The van der Waals surface area contributed by atoms with E-state index in [0.717, 1.165) is 28.0 Å². The summed E-state index contributed by atoms with van der Waals surface area (Å²) in [5.74, 6) is 0.585. The molecule has 0 saturated carbocycles. The Balaban J connectivity index is 0.000000144. The van der Waals surface area contributed by atoms with Crippen molar-refractivity contribution in [2.24, 2.45) is 0 Å². The lowest BCUT2D eigenvalue weighted by Crippen LogP contribution is -2.41. The molecule has 11 rings (SSSR count). The third-order valence-electron chi connectivity index (χ3n) is 12.6. The summed E-state index contributed by atoms with van der Waals surface area (Å²) < 4.78 is 107. The normalized spacial score (nSPS) is 14.3. The Morgan fingerprint density at radius 2 is 1.07 bits per heavy atom. The molecule has 0 unspecified atom stereocenters. The van der Waals surface area contributed by atoms with Gasteiger partial charge in [0.1, 0.15) is 23.0 Å². The van der Waals surface area contributed by atoms with Crippen molar-refractivity contribution in [3.05, 3.63) is 134 Å². The molecule has 382 valence electrons. The number of hydrogen-bond donors (Lipinski definition) is 4. The highest BCUT2D eigenvalue weighted by Crippen LogP contribution is 2.44. The number of rotatable bonds is 6. The lowest BCUT2D eigenvalue weighted by molar-refractivity contribution is -0.275. The Labute approximate surface area is 423 Å². The van der Waals surface area contributed by atoms with Gasteiger partial charge in [0.15, 0.2) is 0 Å². The lowest BCUT2D eigenvalue weighted by atomic mass is 9.76. The molecule has 0 atom stereocenters. The minimum atomic E-state index is -4.91. The zero-order chi connectivity index (χ0) is 53.2. The van der Waals surface area contributed by atoms with Gasteiger partial charge in [-0.3, -0.25) is 9.97 Å². The Hall–Kier alpha value is -7.70. The van der Waals surface area contributed by atoms with Crippen molar-refractivity contribution in [2.75, 3.05) is 0 Å². The fourth-order valence-electron chi connectivity index (χ4n) is 8.66. The number of fused-ring (bicyclic) bond motifs is 4. The molecule has 4 aromatic carbocycles. The van der Waals surface area contributed by atoms with Crippen molar-refractivity contribution in [3.63, 3.8) is 0 Å². The summed E-state index contributed by atoms with van der Waals surface area (Å²) in [5.41, 5.74) is 7.29. The van der Waals surface area contributed by atoms with Crippen molar-refractivity contribution in [1.29, 1.82) is 0 Å². The van der Waals surface area contributed by atoms with Crippen LogP contribution in [0.5, 0.6) is 11.5 Å².